The molecular weight excluding hydrogens is 525 g/mol. The van der Waals surface area contributed by atoms with Gasteiger partial charge >= 0.3 is 6.18 Å². The number of likely N-dealkylation sites (tertiary alicyclic amines) is 1. The first-order chi connectivity index (χ1) is 17.1. The van der Waals surface area contributed by atoms with Crippen LogP contribution < -0.4 is 0 Å². The third kappa shape index (κ3) is 5.37. The molecule has 1 N–H and O–H groups in total. The summed E-state index contributed by atoms with van der Waals surface area (Å²) in [4.78, 5) is 14.3. The molecule has 6 nitrogen and oxygen atoms in total. The second-order valence-electron chi connectivity index (χ2n) is 9.72. The van der Waals surface area contributed by atoms with E-state index < -0.39 is 11.7 Å². The van der Waals surface area contributed by atoms with Crippen molar-refractivity contribution in [2.45, 2.75) is 36.5 Å². The van der Waals surface area contributed by atoms with Crippen molar-refractivity contribution in [1.82, 2.24) is 19.7 Å². The first-order valence-electron chi connectivity index (χ1n) is 11.8. The van der Waals surface area contributed by atoms with Crippen LogP contribution in [0, 0.1) is 5.92 Å². The van der Waals surface area contributed by atoms with E-state index in [0.717, 1.165) is 61.1 Å². The maximum atomic E-state index is 12.8. The Bertz CT molecular complexity index is 1300. The number of aromatic hydroxyl groups is 1. The van der Waals surface area contributed by atoms with E-state index in [0.29, 0.717) is 22.9 Å². The Morgan fingerprint density at radius 1 is 1.19 bits per heavy atom. The molecule has 1 aromatic heterocycles. The molecule has 0 amide bonds. The van der Waals surface area contributed by atoms with Gasteiger partial charge in [-0.15, -0.1) is 22.6 Å². The Kier molecular flexibility index (Phi) is 7.65. The van der Waals surface area contributed by atoms with Gasteiger partial charge in [0.25, 0.3) is 0 Å². The topological polar surface area (TPSA) is 71.2 Å². The summed E-state index contributed by atoms with van der Waals surface area (Å²) < 4.78 is 40.3. The fraction of sp³-hybridized carbons (Fsp3) is 0.423. The van der Waals surface area contributed by atoms with Crippen molar-refractivity contribution < 1.29 is 23.1 Å². The first-order valence-corrected chi connectivity index (χ1v) is 12.8. The molecule has 2 heterocycles. The number of ketones is 1. The number of rotatable bonds is 8. The minimum absolute atomic E-state index is 0. The summed E-state index contributed by atoms with van der Waals surface area (Å²) in [6.07, 6.45) is -2.28. The minimum atomic E-state index is -4.36. The SMILES string of the molecule is CC(=O)c1cc(C23CC2CN(CCCSc2nnc(-c4ccc(C(F)(F)F)cc4)n2C)C3)ccc1O.Cl. The predicted molar refractivity (Wildman–Crippen MR) is 138 cm³/mol. The Labute approximate surface area is 223 Å². The maximum absolute atomic E-state index is 12.8. The summed E-state index contributed by atoms with van der Waals surface area (Å²) >= 11 is 1.58. The molecule has 1 saturated carbocycles. The van der Waals surface area contributed by atoms with E-state index in [4.69, 9.17) is 0 Å². The van der Waals surface area contributed by atoms with Gasteiger partial charge in [-0.25, -0.2) is 0 Å². The number of carbonyl (C=O) groups is 1. The van der Waals surface area contributed by atoms with E-state index in [2.05, 4.69) is 15.1 Å². The molecule has 1 aliphatic heterocycles. The third-order valence-corrected chi connectivity index (χ3v) is 8.43. The van der Waals surface area contributed by atoms with Gasteiger partial charge in [-0.1, -0.05) is 30.0 Å². The lowest BCUT2D eigenvalue weighted by molar-refractivity contribution is -0.137. The van der Waals surface area contributed by atoms with Crippen LogP contribution in [0.3, 0.4) is 0 Å². The number of aromatic nitrogens is 3. The number of Topliss-reactive ketones (excluding diaryl/α,β-unsaturated/α-hetero) is 1. The van der Waals surface area contributed by atoms with Crippen LogP contribution in [0.5, 0.6) is 5.75 Å². The molecule has 0 radical (unpaired) electrons. The minimum Gasteiger partial charge on any atom is -0.507 e. The Morgan fingerprint density at radius 2 is 1.92 bits per heavy atom. The van der Waals surface area contributed by atoms with Gasteiger partial charge in [-0.2, -0.15) is 13.2 Å². The first kappa shape index (κ1) is 27.5. The summed E-state index contributed by atoms with van der Waals surface area (Å²) in [6.45, 7) is 4.41. The standard InChI is InChI=1S/C26H27F3N4O2S.ClH/c1-16(34)21-12-19(8-9-22(21)35)25-13-20(25)14-33(15-25)10-3-11-36-24-31-30-23(32(24)2)17-4-6-18(7-5-17)26(27,28)29;/h4-9,12,20,35H,3,10-11,13-15H2,1-2H3;1H. The van der Waals surface area contributed by atoms with Gasteiger partial charge in [-0.3, -0.25) is 4.79 Å². The van der Waals surface area contributed by atoms with Crippen molar-refractivity contribution >= 4 is 30.0 Å². The Morgan fingerprint density at radius 3 is 2.59 bits per heavy atom. The number of nitrogens with zero attached hydrogens (tertiary/aromatic N) is 4. The molecule has 0 bridgehead atoms. The number of hydrogen-bond acceptors (Lipinski definition) is 6. The highest BCUT2D eigenvalue weighted by atomic mass is 35.5. The average Bonchev–Trinajstić information content (AvgIpc) is 3.21. The largest absolute Gasteiger partial charge is 0.507 e. The van der Waals surface area contributed by atoms with E-state index in [-0.39, 0.29) is 29.4 Å². The lowest BCUT2D eigenvalue weighted by Gasteiger charge is -2.21. The van der Waals surface area contributed by atoms with Crippen LogP contribution in [0.15, 0.2) is 47.6 Å². The molecule has 198 valence electrons. The molecule has 0 spiro atoms. The normalized spacial score (nSPS) is 20.9. The van der Waals surface area contributed by atoms with Crippen LogP contribution in [-0.4, -0.2) is 55.9 Å². The third-order valence-electron chi connectivity index (χ3n) is 7.32. The smallest absolute Gasteiger partial charge is 0.416 e. The number of halogens is 4. The van der Waals surface area contributed by atoms with Crippen molar-refractivity contribution in [3.05, 3.63) is 59.2 Å². The quantitative estimate of drug-likeness (QED) is 0.223. The van der Waals surface area contributed by atoms with Crippen molar-refractivity contribution in [3.8, 4) is 17.1 Å². The molecule has 37 heavy (non-hydrogen) atoms. The van der Waals surface area contributed by atoms with Crippen molar-refractivity contribution in [1.29, 1.82) is 0 Å². The monoisotopic (exact) mass is 552 g/mol. The fourth-order valence-corrected chi connectivity index (χ4v) is 6.12. The Hall–Kier alpha value is -2.56. The van der Waals surface area contributed by atoms with Crippen LogP contribution in [0.1, 0.15) is 41.3 Å². The number of piperidine rings is 1. The molecule has 2 aliphatic rings. The number of phenolic OH excluding ortho intramolecular Hbond substituents is 1. The van der Waals surface area contributed by atoms with Crippen molar-refractivity contribution in [2.24, 2.45) is 13.0 Å². The zero-order valence-corrected chi connectivity index (χ0v) is 22.1. The molecule has 5 rings (SSSR count). The number of carbonyl (C=O) groups excluding carboxylic acids is 1. The highest BCUT2D eigenvalue weighted by molar-refractivity contribution is 7.99. The number of benzene rings is 2. The van der Waals surface area contributed by atoms with E-state index in [1.54, 1.807) is 17.8 Å². The van der Waals surface area contributed by atoms with Gasteiger partial charge in [-0.05, 0) is 62.1 Å². The molecule has 1 aliphatic carbocycles. The molecule has 3 aromatic rings. The van der Waals surface area contributed by atoms with E-state index >= 15 is 0 Å². The molecule has 2 fully saturated rings. The van der Waals surface area contributed by atoms with E-state index in [1.807, 2.05) is 23.7 Å². The molecule has 2 atom stereocenters. The molecular formula is C26H28ClF3N4O2S. The van der Waals surface area contributed by atoms with E-state index in [9.17, 15) is 23.1 Å². The summed E-state index contributed by atoms with van der Waals surface area (Å²) in [5.41, 5.74) is 1.53. The van der Waals surface area contributed by atoms with Gasteiger partial charge in [0.2, 0.25) is 0 Å². The zero-order chi connectivity index (χ0) is 25.7. The second kappa shape index (κ2) is 10.3. The van der Waals surface area contributed by atoms with Crippen molar-refractivity contribution in [2.75, 3.05) is 25.4 Å². The summed E-state index contributed by atoms with van der Waals surface area (Å²) in [7, 11) is 1.82. The highest BCUT2D eigenvalue weighted by Crippen LogP contribution is 2.59. The summed E-state index contributed by atoms with van der Waals surface area (Å²) in [5.74, 6) is 1.88. The van der Waals surface area contributed by atoms with E-state index in [1.165, 1.54) is 19.1 Å². The van der Waals surface area contributed by atoms with Gasteiger partial charge in [0.1, 0.15) is 5.75 Å². The predicted octanol–water partition coefficient (Wildman–Crippen LogP) is 5.59. The number of phenols is 1. The number of thioether (sulfide) groups is 1. The molecule has 1 saturated heterocycles. The molecule has 11 heteroatoms. The highest BCUT2D eigenvalue weighted by Gasteiger charge is 2.60. The van der Waals surface area contributed by atoms with Gasteiger partial charge < -0.3 is 14.6 Å². The van der Waals surface area contributed by atoms with Gasteiger partial charge in [0.15, 0.2) is 16.8 Å². The average molecular weight is 553 g/mol. The van der Waals surface area contributed by atoms with Crippen LogP contribution in [0.25, 0.3) is 11.4 Å². The lowest BCUT2D eigenvalue weighted by atomic mass is 9.92. The maximum Gasteiger partial charge on any atom is 0.416 e. The van der Waals surface area contributed by atoms with Gasteiger partial charge in [0.05, 0.1) is 11.1 Å². The van der Waals surface area contributed by atoms with Gasteiger partial charge in [0, 0.05) is 36.9 Å². The van der Waals surface area contributed by atoms with Crippen molar-refractivity contribution in [3.63, 3.8) is 0 Å². The molecule has 2 aromatic carbocycles. The summed E-state index contributed by atoms with van der Waals surface area (Å²) in [6, 6.07) is 10.4. The van der Waals surface area contributed by atoms with Crippen LogP contribution in [0.2, 0.25) is 0 Å². The zero-order valence-electron chi connectivity index (χ0n) is 20.5. The lowest BCUT2D eigenvalue weighted by Crippen LogP contribution is -2.28. The second-order valence-corrected chi connectivity index (χ2v) is 10.8. The fourth-order valence-electron chi connectivity index (χ4n) is 5.28. The molecule has 2 unspecified atom stereocenters. The summed E-state index contributed by atoms with van der Waals surface area (Å²) in [5, 5.41) is 19.1. The number of fused-ring (bicyclic) bond motifs is 1. The number of hydrogen-bond donors (Lipinski definition) is 1. The Balaban J connectivity index is 0.00000320. The van der Waals surface area contributed by atoms with Crippen LogP contribution >= 0.6 is 24.2 Å². The van der Waals surface area contributed by atoms with Crippen LogP contribution in [0.4, 0.5) is 13.2 Å². The number of alkyl halides is 3. The van der Waals surface area contributed by atoms with Crippen LogP contribution in [-0.2, 0) is 18.6 Å².